The van der Waals surface area contributed by atoms with Crippen molar-refractivity contribution in [3.63, 3.8) is 0 Å². The van der Waals surface area contributed by atoms with E-state index < -0.39 is 0 Å². The molecule has 0 radical (unpaired) electrons. The van der Waals surface area contributed by atoms with Crippen LogP contribution in [0.3, 0.4) is 0 Å². The maximum Gasteiger partial charge on any atom is 0.305 e. The number of esters is 2. The quantitative estimate of drug-likeness (QED) is 0.0454. The number of rotatable bonds is 40. The van der Waals surface area contributed by atoms with E-state index in [0.717, 1.165) is 57.0 Å². The van der Waals surface area contributed by atoms with E-state index in [1.807, 2.05) is 0 Å². The molecule has 0 aromatic rings. The lowest BCUT2D eigenvalue weighted by Crippen LogP contribution is -2.21. The van der Waals surface area contributed by atoms with Crippen molar-refractivity contribution in [3.8, 4) is 0 Å². The molecule has 0 aromatic heterocycles. The van der Waals surface area contributed by atoms with Crippen molar-refractivity contribution in [1.29, 1.82) is 0 Å². The summed E-state index contributed by atoms with van der Waals surface area (Å²) < 4.78 is 17.7. The van der Waals surface area contributed by atoms with Crippen LogP contribution in [0.4, 0.5) is 0 Å². The lowest BCUT2D eigenvalue weighted by atomic mass is 9.86. The van der Waals surface area contributed by atoms with Crippen molar-refractivity contribution in [2.45, 2.75) is 241 Å². The Kier molecular flexibility index (Phi) is 34.7. The van der Waals surface area contributed by atoms with E-state index in [9.17, 15) is 9.59 Å². The molecular formula is C51H99NO5. The zero-order valence-corrected chi connectivity index (χ0v) is 39.6. The zero-order chi connectivity index (χ0) is 41.9. The minimum Gasteiger partial charge on any atom is -0.466 e. The minimum atomic E-state index is -0.00402. The number of carbonyl (C=O) groups is 2. The fraction of sp³-hybridized carbons (Fsp3) is 0.961. The molecule has 6 nitrogen and oxygen atoms in total. The third-order valence-corrected chi connectivity index (χ3v) is 12.9. The lowest BCUT2D eigenvalue weighted by Gasteiger charge is -2.21. The summed E-state index contributed by atoms with van der Waals surface area (Å²) in [6, 6.07) is 0. The molecule has 1 rings (SSSR count). The van der Waals surface area contributed by atoms with Gasteiger partial charge in [-0.3, -0.25) is 9.59 Å². The van der Waals surface area contributed by atoms with Crippen LogP contribution in [-0.4, -0.2) is 62.4 Å². The molecule has 0 aromatic carbocycles. The van der Waals surface area contributed by atoms with Crippen LogP contribution in [0.25, 0.3) is 0 Å². The van der Waals surface area contributed by atoms with Gasteiger partial charge in [-0.05, 0) is 132 Å². The van der Waals surface area contributed by atoms with Gasteiger partial charge in [-0.15, -0.1) is 0 Å². The average Bonchev–Trinajstić information content (AvgIpc) is 3.68. The highest BCUT2D eigenvalue weighted by molar-refractivity contribution is 5.69. The first-order valence-corrected chi connectivity index (χ1v) is 25.1. The Bertz CT molecular complexity index is 853. The van der Waals surface area contributed by atoms with E-state index in [1.54, 1.807) is 0 Å². The van der Waals surface area contributed by atoms with Gasteiger partial charge in [0, 0.05) is 19.4 Å². The Labute approximate surface area is 355 Å². The highest BCUT2D eigenvalue weighted by Crippen LogP contribution is 2.25. The monoisotopic (exact) mass is 806 g/mol. The second-order valence-electron chi connectivity index (χ2n) is 19.7. The van der Waals surface area contributed by atoms with Crippen LogP contribution < -0.4 is 0 Å². The first-order valence-electron chi connectivity index (χ1n) is 25.1. The van der Waals surface area contributed by atoms with E-state index >= 15 is 0 Å². The van der Waals surface area contributed by atoms with Gasteiger partial charge in [0.25, 0.3) is 0 Å². The number of carbonyl (C=O) groups excluding carboxylic acids is 2. The van der Waals surface area contributed by atoms with Gasteiger partial charge in [0.1, 0.15) is 0 Å². The second kappa shape index (κ2) is 36.7. The van der Waals surface area contributed by atoms with Crippen molar-refractivity contribution >= 4 is 11.9 Å². The number of likely N-dealkylation sites (tertiary alicyclic amines) is 1. The van der Waals surface area contributed by atoms with Crippen LogP contribution in [-0.2, 0) is 23.8 Å². The van der Waals surface area contributed by atoms with E-state index in [4.69, 9.17) is 14.2 Å². The van der Waals surface area contributed by atoms with Crippen molar-refractivity contribution in [2.75, 3.05) is 39.5 Å². The molecule has 2 unspecified atom stereocenters. The largest absolute Gasteiger partial charge is 0.466 e. The van der Waals surface area contributed by atoms with Crippen molar-refractivity contribution < 1.29 is 23.8 Å². The van der Waals surface area contributed by atoms with Crippen LogP contribution >= 0.6 is 0 Å². The smallest absolute Gasteiger partial charge is 0.305 e. The van der Waals surface area contributed by atoms with Gasteiger partial charge in [0.05, 0.1) is 19.3 Å². The molecular weight excluding hydrogens is 707 g/mol. The maximum atomic E-state index is 12.3. The fourth-order valence-electron chi connectivity index (χ4n) is 8.56. The molecule has 1 saturated heterocycles. The molecule has 0 amide bonds. The third kappa shape index (κ3) is 33.3. The molecule has 0 spiro atoms. The SMILES string of the molecule is CC(C)CCC(CCOC(=O)CCCCCCCCCC(CCCCCCCCCC(=O)OCCC(CCC(C)C)C(C)C)OCCCCN1CCCC1)C(C)C. The molecule has 1 aliphatic heterocycles. The predicted octanol–water partition coefficient (Wildman–Crippen LogP) is 14.6. The first-order chi connectivity index (χ1) is 27.5. The van der Waals surface area contributed by atoms with Crippen LogP contribution in [0.5, 0.6) is 0 Å². The van der Waals surface area contributed by atoms with Gasteiger partial charge in [0.15, 0.2) is 0 Å². The zero-order valence-electron chi connectivity index (χ0n) is 39.6. The molecule has 2 atom stereocenters. The minimum absolute atomic E-state index is 0.00402. The summed E-state index contributed by atoms with van der Waals surface area (Å²) in [5.74, 6) is 4.07. The number of ether oxygens (including phenoxy) is 3. The highest BCUT2D eigenvalue weighted by Gasteiger charge is 2.17. The standard InChI is InChI=1S/C51H99NO5/c1-43(2)31-33-47(45(5)6)35-41-56-50(53)29-21-17-13-9-11-15-19-27-49(55-40-26-25-39-52-37-23-24-38-52)28-20-16-12-10-14-18-22-30-51(54)57-42-36-48(46(7)8)34-32-44(3)4/h43-49H,9-42H2,1-8H3. The van der Waals surface area contributed by atoms with Crippen LogP contribution in [0.2, 0.25) is 0 Å². The number of unbranched alkanes of at least 4 members (excludes halogenated alkanes) is 13. The number of nitrogens with zero attached hydrogens (tertiary/aromatic N) is 1. The van der Waals surface area contributed by atoms with E-state index in [0.29, 0.717) is 55.8 Å². The van der Waals surface area contributed by atoms with Gasteiger partial charge in [-0.1, -0.05) is 145 Å². The Hall–Kier alpha value is -1.14. The normalized spacial score (nSPS) is 15.3. The van der Waals surface area contributed by atoms with E-state index in [2.05, 4.69) is 60.3 Å². The van der Waals surface area contributed by atoms with Gasteiger partial charge >= 0.3 is 11.9 Å². The van der Waals surface area contributed by atoms with Crippen molar-refractivity contribution in [3.05, 3.63) is 0 Å². The Balaban J connectivity index is 2.17. The molecule has 6 heteroatoms. The summed E-state index contributed by atoms with van der Waals surface area (Å²) in [7, 11) is 0. The molecule has 338 valence electrons. The summed E-state index contributed by atoms with van der Waals surface area (Å²) in [5.41, 5.74) is 0. The number of hydrogen-bond donors (Lipinski definition) is 0. The Morgan fingerprint density at radius 3 is 1.25 bits per heavy atom. The molecule has 1 heterocycles. The fourth-order valence-corrected chi connectivity index (χ4v) is 8.56. The summed E-state index contributed by atoms with van der Waals surface area (Å²) in [4.78, 5) is 27.2. The maximum absolute atomic E-state index is 12.3. The molecule has 0 N–H and O–H groups in total. The molecule has 0 aliphatic carbocycles. The molecule has 0 saturated carbocycles. The topological polar surface area (TPSA) is 65.1 Å². The number of hydrogen-bond acceptors (Lipinski definition) is 6. The molecule has 0 bridgehead atoms. The molecule has 1 aliphatic rings. The summed E-state index contributed by atoms with van der Waals surface area (Å²) >= 11 is 0. The van der Waals surface area contributed by atoms with Gasteiger partial charge < -0.3 is 19.1 Å². The van der Waals surface area contributed by atoms with Gasteiger partial charge in [-0.2, -0.15) is 0 Å². The third-order valence-electron chi connectivity index (χ3n) is 12.9. The van der Waals surface area contributed by atoms with Crippen molar-refractivity contribution in [1.82, 2.24) is 4.90 Å². The van der Waals surface area contributed by atoms with E-state index in [1.165, 1.54) is 148 Å². The van der Waals surface area contributed by atoms with Crippen LogP contribution in [0, 0.1) is 35.5 Å². The summed E-state index contributed by atoms with van der Waals surface area (Å²) in [5, 5.41) is 0. The molecule has 1 fully saturated rings. The van der Waals surface area contributed by atoms with Crippen LogP contribution in [0.1, 0.15) is 235 Å². The summed E-state index contributed by atoms with van der Waals surface area (Å²) in [6.07, 6.45) is 32.9. The predicted molar refractivity (Wildman–Crippen MR) is 244 cm³/mol. The van der Waals surface area contributed by atoms with Gasteiger partial charge in [-0.25, -0.2) is 0 Å². The highest BCUT2D eigenvalue weighted by atomic mass is 16.5. The van der Waals surface area contributed by atoms with Crippen molar-refractivity contribution in [2.24, 2.45) is 35.5 Å². The first kappa shape index (κ1) is 53.9. The Morgan fingerprint density at radius 2 is 0.842 bits per heavy atom. The average molecular weight is 806 g/mol. The summed E-state index contributed by atoms with van der Waals surface area (Å²) in [6.45, 7) is 24.2. The van der Waals surface area contributed by atoms with Crippen LogP contribution in [0.15, 0.2) is 0 Å². The molecule has 57 heavy (non-hydrogen) atoms. The van der Waals surface area contributed by atoms with Gasteiger partial charge in [0.2, 0.25) is 0 Å². The Morgan fingerprint density at radius 1 is 0.439 bits per heavy atom. The second-order valence-corrected chi connectivity index (χ2v) is 19.7. The lowest BCUT2D eigenvalue weighted by molar-refractivity contribution is -0.145. The van der Waals surface area contributed by atoms with E-state index in [-0.39, 0.29) is 11.9 Å².